The lowest BCUT2D eigenvalue weighted by atomic mass is 10.2. The van der Waals surface area contributed by atoms with E-state index in [0.29, 0.717) is 33.0 Å². The third kappa shape index (κ3) is 4.28. The van der Waals surface area contributed by atoms with Crippen molar-refractivity contribution in [2.45, 2.75) is 20.3 Å². The highest BCUT2D eigenvalue weighted by Crippen LogP contribution is 2.37. The van der Waals surface area contributed by atoms with Crippen LogP contribution in [0, 0.1) is 13.8 Å². The van der Waals surface area contributed by atoms with Crippen LogP contribution in [0.2, 0.25) is 0 Å². The molecule has 10 heteroatoms. The summed E-state index contributed by atoms with van der Waals surface area (Å²) < 4.78 is 15.8. The number of H-pyrrole nitrogens is 1. The van der Waals surface area contributed by atoms with Gasteiger partial charge in [-0.15, -0.1) is 11.3 Å². The van der Waals surface area contributed by atoms with Gasteiger partial charge in [0, 0.05) is 10.4 Å². The van der Waals surface area contributed by atoms with E-state index in [1.807, 2.05) is 13.8 Å². The number of aryl methyl sites for hydroxylation is 2. The first-order chi connectivity index (χ1) is 14.4. The summed E-state index contributed by atoms with van der Waals surface area (Å²) in [6.07, 6.45) is 1.35. The minimum atomic E-state index is -0.411. The van der Waals surface area contributed by atoms with Crippen LogP contribution in [0.15, 0.2) is 22.0 Å². The lowest BCUT2D eigenvalue weighted by molar-refractivity contribution is -0.120. The molecule has 0 saturated carbocycles. The highest BCUT2D eigenvalue weighted by Gasteiger charge is 2.14. The lowest BCUT2D eigenvalue weighted by Crippen LogP contribution is -2.23. The first-order valence-electron chi connectivity index (χ1n) is 8.98. The fourth-order valence-electron chi connectivity index (χ4n) is 2.93. The summed E-state index contributed by atoms with van der Waals surface area (Å²) in [4.78, 5) is 33.2. The van der Waals surface area contributed by atoms with Crippen LogP contribution in [-0.4, -0.2) is 43.4 Å². The van der Waals surface area contributed by atoms with Crippen LogP contribution in [0.5, 0.6) is 17.2 Å². The first-order valence-corrected chi connectivity index (χ1v) is 9.80. The number of carbonyl (C=O) groups is 1. The number of ether oxygens (including phenoxy) is 3. The van der Waals surface area contributed by atoms with Crippen LogP contribution >= 0.6 is 11.3 Å². The summed E-state index contributed by atoms with van der Waals surface area (Å²) in [6.45, 7) is 3.82. The summed E-state index contributed by atoms with van der Waals surface area (Å²) in [7, 11) is 4.55. The third-order valence-electron chi connectivity index (χ3n) is 4.51. The van der Waals surface area contributed by atoms with Gasteiger partial charge in [0.15, 0.2) is 11.5 Å². The number of nitrogens with one attached hydrogen (secondary N) is 2. The van der Waals surface area contributed by atoms with Crippen LogP contribution in [-0.2, 0) is 11.2 Å². The highest BCUT2D eigenvalue weighted by atomic mass is 32.1. The summed E-state index contributed by atoms with van der Waals surface area (Å²) in [6, 6.07) is 3.40. The molecule has 1 aromatic carbocycles. The molecular weight excluding hydrogens is 408 g/mol. The number of fused-ring (bicyclic) bond motifs is 1. The van der Waals surface area contributed by atoms with E-state index in [-0.39, 0.29) is 17.8 Å². The second-order valence-electron chi connectivity index (χ2n) is 6.40. The lowest BCUT2D eigenvalue weighted by Gasteiger charge is -2.12. The van der Waals surface area contributed by atoms with Gasteiger partial charge in [-0.25, -0.2) is 10.4 Å². The minimum absolute atomic E-state index is 0.103. The molecule has 0 aliphatic rings. The Morgan fingerprint density at radius 3 is 2.47 bits per heavy atom. The standard InChI is InChI=1S/C20H22N4O5S/c1-10-11(2)30-20-17(10)19(26)22-15(23-20)8-16(25)24-21-9-12-6-13(27-3)18(29-5)14(7-12)28-4/h6-7,9H,8H2,1-5H3,(H,24,25)(H,22,23,26)/b21-9+. The van der Waals surface area contributed by atoms with E-state index in [2.05, 4.69) is 20.5 Å². The van der Waals surface area contributed by atoms with Crippen LogP contribution in [0.4, 0.5) is 0 Å². The number of amides is 1. The fraction of sp³-hybridized carbons (Fsp3) is 0.300. The Morgan fingerprint density at radius 1 is 1.20 bits per heavy atom. The number of thiophene rings is 1. The number of nitrogens with zero attached hydrogens (tertiary/aromatic N) is 2. The van der Waals surface area contributed by atoms with E-state index in [1.165, 1.54) is 38.9 Å². The van der Waals surface area contributed by atoms with Crippen molar-refractivity contribution < 1.29 is 19.0 Å². The summed E-state index contributed by atoms with van der Waals surface area (Å²) in [5.74, 6) is 1.29. The average molecular weight is 430 g/mol. The molecule has 0 radical (unpaired) electrons. The summed E-state index contributed by atoms with van der Waals surface area (Å²) >= 11 is 1.43. The molecule has 0 aliphatic heterocycles. The zero-order valence-electron chi connectivity index (χ0n) is 17.3. The Balaban J connectivity index is 1.72. The van der Waals surface area contributed by atoms with Crippen LogP contribution < -0.4 is 25.2 Å². The van der Waals surface area contributed by atoms with Gasteiger partial charge in [0.25, 0.3) is 5.56 Å². The SMILES string of the molecule is COc1cc(/C=N/NC(=O)Cc2nc3sc(C)c(C)c3c(=O)[nH]2)cc(OC)c1OC. The van der Waals surface area contributed by atoms with Gasteiger partial charge in [-0.1, -0.05) is 0 Å². The molecule has 3 rings (SSSR count). The van der Waals surface area contributed by atoms with Gasteiger partial charge in [-0.3, -0.25) is 9.59 Å². The number of hydrazone groups is 1. The van der Waals surface area contributed by atoms with Crippen LogP contribution in [0.1, 0.15) is 21.8 Å². The van der Waals surface area contributed by atoms with Crippen molar-refractivity contribution in [2.75, 3.05) is 21.3 Å². The maximum atomic E-state index is 12.3. The molecule has 0 atom stereocenters. The second-order valence-corrected chi connectivity index (χ2v) is 7.61. The number of carbonyl (C=O) groups excluding carboxylic acids is 1. The molecule has 30 heavy (non-hydrogen) atoms. The van der Waals surface area contributed by atoms with Crippen LogP contribution in [0.3, 0.4) is 0 Å². The number of benzene rings is 1. The second kappa shape index (κ2) is 8.95. The number of aromatic nitrogens is 2. The Morgan fingerprint density at radius 2 is 1.87 bits per heavy atom. The van der Waals surface area contributed by atoms with E-state index in [0.717, 1.165) is 10.4 Å². The molecule has 158 valence electrons. The highest BCUT2D eigenvalue weighted by molar-refractivity contribution is 7.18. The number of rotatable bonds is 7. The summed E-state index contributed by atoms with van der Waals surface area (Å²) in [5, 5.41) is 4.52. The van der Waals surface area contributed by atoms with Crippen molar-refractivity contribution >= 4 is 33.7 Å². The molecule has 3 aromatic rings. The molecular formula is C20H22N4O5S. The van der Waals surface area contributed by atoms with Crippen molar-refractivity contribution in [3.05, 3.63) is 44.3 Å². The van der Waals surface area contributed by atoms with Gasteiger partial charge in [0.1, 0.15) is 10.7 Å². The predicted octanol–water partition coefficient (Wildman–Crippen LogP) is 2.32. The van der Waals surface area contributed by atoms with Crippen molar-refractivity contribution in [3.8, 4) is 17.2 Å². The minimum Gasteiger partial charge on any atom is -0.493 e. The topological polar surface area (TPSA) is 115 Å². The molecule has 9 nitrogen and oxygen atoms in total. The van der Waals surface area contributed by atoms with E-state index in [4.69, 9.17) is 14.2 Å². The predicted molar refractivity (Wildman–Crippen MR) is 115 cm³/mol. The zero-order valence-corrected chi connectivity index (χ0v) is 18.1. The average Bonchev–Trinajstić information content (AvgIpc) is 3.00. The maximum Gasteiger partial charge on any atom is 0.259 e. The molecule has 1 amide bonds. The van der Waals surface area contributed by atoms with Gasteiger partial charge >= 0.3 is 0 Å². The number of hydrogen-bond acceptors (Lipinski definition) is 8. The van der Waals surface area contributed by atoms with Crippen LogP contribution in [0.25, 0.3) is 10.2 Å². The largest absolute Gasteiger partial charge is 0.493 e. The molecule has 0 fully saturated rings. The van der Waals surface area contributed by atoms with E-state index >= 15 is 0 Å². The third-order valence-corrected chi connectivity index (χ3v) is 5.61. The Hall–Kier alpha value is -3.40. The van der Waals surface area contributed by atoms with Crippen molar-refractivity contribution in [3.63, 3.8) is 0 Å². The zero-order chi connectivity index (χ0) is 21.8. The molecule has 0 unspecified atom stereocenters. The van der Waals surface area contributed by atoms with Crippen molar-refractivity contribution in [1.29, 1.82) is 0 Å². The van der Waals surface area contributed by atoms with Gasteiger partial charge in [0.2, 0.25) is 11.7 Å². The molecule has 0 bridgehead atoms. The van der Waals surface area contributed by atoms with Crippen molar-refractivity contribution in [2.24, 2.45) is 5.10 Å². The first kappa shape index (κ1) is 21.3. The Labute approximate surface area is 176 Å². The normalized spacial score (nSPS) is 11.1. The van der Waals surface area contributed by atoms with Crippen molar-refractivity contribution in [1.82, 2.24) is 15.4 Å². The van der Waals surface area contributed by atoms with Gasteiger partial charge in [-0.05, 0) is 31.5 Å². The quantitative estimate of drug-likeness (QED) is 0.439. The van der Waals surface area contributed by atoms with E-state index < -0.39 is 5.91 Å². The summed E-state index contributed by atoms with van der Waals surface area (Å²) in [5.41, 5.74) is 3.73. The molecule has 0 spiro atoms. The van der Waals surface area contributed by atoms with E-state index in [1.54, 1.807) is 12.1 Å². The number of aromatic amines is 1. The monoisotopic (exact) mass is 430 g/mol. The number of hydrogen-bond donors (Lipinski definition) is 2. The maximum absolute atomic E-state index is 12.3. The van der Waals surface area contributed by atoms with Gasteiger partial charge in [-0.2, -0.15) is 5.10 Å². The fourth-order valence-corrected chi connectivity index (χ4v) is 3.98. The molecule has 0 saturated heterocycles. The van der Waals surface area contributed by atoms with E-state index in [9.17, 15) is 9.59 Å². The molecule has 2 aromatic heterocycles. The molecule has 2 N–H and O–H groups in total. The molecule has 2 heterocycles. The Bertz CT molecular complexity index is 1160. The number of methoxy groups -OCH3 is 3. The Kier molecular flexibility index (Phi) is 6.36. The molecule has 0 aliphatic carbocycles. The van der Waals surface area contributed by atoms with Gasteiger partial charge < -0.3 is 19.2 Å². The smallest absolute Gasteiger partial charge is 0.259 e. The van der Waals surface area contributed by atoms with Gasteiger partial charge in [0.05, 0.1) is 39.4 Å².